The number of hydrogen-bond acceptors (Lipinski definition) is 5. The molecule has 0 spiro atoms. The van der Waals surface area contributed by atoms with Gasteiger partial charge >= 0.3 is 5.97 Å². The van der Waals surface area contributed by atoms with E-state index < -0.39 is 16.0 Å². The molecule has 1 aromatic carbocycles. The van der Waals surface area contributed by atoms with E-state index in [1.165, 1.54) is 18.2 Å². The van der Waals surface area contributed by atoms with Gasteiger partial charge in [0.2, 0.25) is 10.0 Å². The second-order valence-electron chi connectivity index (χ2n) is 6.52. The fourth-order valence-electron chi connectivity index (χ4n) is 2.44. The van der Waals surface area contributed by atoms with E-state index in [0.29, 0.717) is 18.7 Å². The number of aromatic carboxylic acids is 1. The van der Waals surface area contributed by atoms with Crippen LogP contribution in [0.25, 0.3) is 0 Å². The SMILES string of the molecule is CCC[C@@H](C)Nc1ccc(C(=O)O)cc1S(=O)(=O)NCCCOC(C)C. The first-order valence-corrected chi connectivity index (χ1v) is 10.4. The van der Waals surface area contributed by atoms with Gasteiger partial charge in [-0.1, -0.05) is 13.3 Å². The van der Waals surface area contributed by atoms with Crippen LogP contribution in [0.15, 0.2) is 23.1 Å². The van der Waals surface area contributed by atoms with E-state index in [9.17, 15) is 18.3 Å². The van der Waals surface area contributed by atoms with Gasteiger partial charge in [-0.3, -0.25) is 0 Å². The predicted molar refractivity (Wildman–Crippen MR) is 102 cm³/mol. The van der Waals surface area contributed by atoms with Crippen molar-refractivity contribution in [3.63, 3.8) is 0 Å². The van der Waals surface area contributed by atoms with Gasteiger partial charge in [-0.05, 0) is 51.8 Å². The first-order valence-electron chi connectivity index (χ1n) is 8.92. The Morgan fingerprint density at radius 3 is 2.54 bits per heavy atom. The molecular formula is C18H30N2O5S. The molecule has 1 atom stereocenters. The number of carboxylic acid groups (broad SMARTS) is 1. The molecule has 0 saturated carbocycles. The molecule has 8 heteroatoms. The monoisotopic (exact) mass is 386 g/mol. The lowest BCUT2D eigenvalue weighted by Crippen LogP contribution is -2.28. The highest BCUT2D eigenvalue weighted by Crippen LogP contribution is 2.24. The third-order valence-corrected chi connectivity index (χ3v) is 5.21. The Kier molecular flexibility index (Phi) is 9.04. The first-order chi connectivity index (χ1) is 12.2. The Morgan fingerprint density at radius 1 is 1.27 bits per heavy atom. The molecule has 0 heterocycles. The van der Waals surface area contributed by atoms with E-state index in [4.69, 9.17) is 4.74 Å². The van der Waals surface area contributed by atoms with Gasteiger partial charge in [0, 0.05) is 19.2 Å². The number of rotatable bonds is 12. The summed E-state index contributed by atoms with van der Waals surface area (Å²) >= 11 is 0. The van der Waals surface area contributed by atoms with Crippen molar-refractivity contribution in [1.29, 1.82) is 0 Å². The molecule has 148 valence electrons. The van der Waals surface area contributed by atoms with Crippen LogP contribution in [-0.4, -0.2) is 44.8 Å². The zero-order valence-corrected chi connectivity index (χ0v) is 16.7. The number of carbonyl (C=O) groups is 1. The lowest BCUT2D eigenvalue weighted by atomic mass is 10.1. The summed E-state index contributed by atoms with van der Waals surface area (Å²) < 4.78 is 33.3. The van der Waals surface area contributed by atoms with Gasteiger partial charge in [-0.15, -0.1) is 0 Å². The predicted octanol–water partition coefficient (Wildman–Crippen LogP) is 3.08. The number of ether oxygens (including phenoxy) is 1. The van der Waals surface area contributed by atoms with E-state index in [-0.39, 0.29) is 29.1 Å². The van der Waals surface area contributed by atoms with Crippen LogP contribution in [0.2, 0.25) is 0 Å². The van der Waals surface area contributed by atoms with Gasteiger partial charge in [0.1, 0.15) is 4.90 Å². The van der Waals surface area contributed by atoms with Gasteiger partial charge < -0.3 is 15.2 Å². The Bertz CT molecular complexity index is 689. The molecule has 0 bridgehead atoms. The Balaban J connectivity index is 2.97. The molecule has 0 radical (unpaired) electrons. The fraction of sp³-hybridized carbons (Fsp3) is 0.611. The molecule has 0 aliphatic heterocycles. The topological polar surface area (TPSA) is 105 Å². The van der Waals surface area contributed by atoms with Gasteiger partial charge in [0.05, 0.1) is 17.4 Å². The number of carboxylic acids is 1. The molecule has 0 aliphatic rings. The maximum absolute atomic E-state index is 12.7. The van der Waals surface area contributed by atoms with E-state index in [0.717, 1.165) is 12.8 Å². The van der Waals surface area contributed by atoms with Crippen molar-refractivity contribution in [2.75, 3.05) is 18.5 Å². The highest BCUT2D eigenvalue weighted by molar-refractivity contribution is 7.89. The van der Waals surface area contributed by atoms with Crippen molar-refractivity contribution in [2.45, 2.75) is 64.0 Å². The molecule has 7 nitrogen and oxygen atoms in total. The lowest BCUT2D eigenvalue weighted by molar-refractivity contribution is 0.0696. The molecule has 0 amide bonds. The average molecular weight is 387 g/mol. The van der Waals surface area contributed by atoms with Crippen LogP contribution >= 0.6 is 0 Å². The van der Waals surface area contributed by atoms with Crippen LogP contribution < -0.4 is 10.0 Å². The maximum atomic E-state index is 12.7. The summed E-state index contributed by atoms with van der Waals surface area (Å²) in [5.41, 5.74) is 0.337. The molecule has 26 heavy (non-hydrogen) atoms. The molecule has 0 saturated heterocycles. The molecule has 0 aromatic heterocycles. The summed E-state index contributed by atoms with van der Waals surface area (Å²) in [7, 11) is -3.84. The standard InChI is InChI=1S/C18H30N2O5S/c1-5-7-14(4)20-16-9-8-15(18(21)22)12-17(16)26(23,24)19-10-6-11-25-13(2)3/h8-9,12-14,19-20H,5-7,10-11H2,1-4H3,(H,21,22)/t14-/m1/s1. The van der Waals surface area contributed by atoms with Crippen LogP contribution in [0.5, 0.6) is 0 Å². The number of benzene rings is 1. The van der Waals surface area contributed by atoms with Crippen molar-refractivity contribution >= 4 is 21.7 Å². The highest BCUT2D eigenvalue weighted by atomic mass is 32.2. The molecule has 0 aliphatic carbocycles. The minimum Gasteiger partial charge on any atom is -0.478 e. The second kappa shape index (κ2) is 10.5. The quantitative estimate of drug-likeness (QED) is 0.477. The third-order valence-electron chi connectivity index (χ3n) is 3.71. The number of hydrogen-bond donors (Lipinski definition) is 3. The van der Waals surface area contributed by atoms with Crippen LogP contribution in [0.3, 0.4) is 0 Å². The van der Waals surface area contributed by atoms with Crippen LogP contribution in [0, 0.1) is 0 Å². The van der Waals surface area contributed by atoms with Crippen LogP contribution in [-0.2, 0) is 14.8 Å². The summed E-state index contributed by atoms with van der Waals surface area (Å²) in [4.78, 5) is 11.2. The van der Waals surface area contributed by atoms with E-state index in [1.807, 2.05) is 27.7 Å². The summed E-state index contributed by atoms with van der Waals surface area (Å²) in [5, 5.41) is 12.3. The molecule has 1 aromatic rings. The Hall–Kier alpha value is -1.64. The molecule has 0 unspecified atom stereocenters. The summed E-state index contributed by atoms with van der Waals surface area (Å²) in [6, 6.07) is 4.17. The van der Waals surface area contributed by atoms with Gasteiger partial charge in [-0.25, -0.2) is 17.9 Å². The van der Waals surface area contributed by atoms with Crippen molar-refractivity contribution in [3.8, 4) is 0 Å². The van der Waals surface area contributed by atoms with E-state index in [2.05, 4.69) is 10.0 Å². The lowest BCUT2D eigenvalue weighted by Gasteiger charge is -2.18. The van der Waals surface area contributed by atoms with Crippen molar-refractivity contribution in [1.82, 2.24) is 4.72 Å². The molecular weight excluding hydrogens is 356 g/mol. The minimum atomic E-state index is -3.84. The normalized spacial score (nSPS) is 13.0. The van der Waals surface area contributed by atoms with Gasteiger partial charge in [-0.2, -0.15) is 0 Å². The maximum Gasteiger partial charge on any atom is 0.335 e. The largest absolute Gasteiger partial charge is 0.478 e. The zero-order chi connectivity index (χ0) is 19.7. The smallest absolute Gasteiger partial charge is 0.335 e. The van der Waals surface area contributed by atoms with Crippen LogP contribution in [0.4, 0.5) is 5.69 Å². The Labute approximate surface area is 156 Å². The van der Waals surface area contributed by atoms with Gasteiger partial charge in [0.25, 0.3) is 0 Å². The van der Waals surface area contributed by atoms with Crippen LogP contribution in [0.1, 0.15) is 57.3 Å². The minimum absolute atomic E-state index is 0.0508. The average Bonchev–Trinajstić information content (AvgIpc) is 2.54. The highest BCUT2D eigenvalue weighted by Gasteiger charge is 2.21. The fourth-order valence-corrected chi connectivity index (χ4v) is 3.71. The Morgan fingerprint density at radius 2 is 1.96 bits per heavy atom. The van der Waals surface area contributed by atoms with E-state index in [1.54, 1.807) is 0 Å². The number of sulfonamides is 1. The van der Waals surface area contributed by atoms with Gasteiger partial charge in [0.15, 0.2) is 0 Å². The molecule has 1 rings (SSSR count). The number of anilines is 1. The number of nitrogens with one attached hydrogen (secondary N) is 2. The first kappa shape index (κ1) is 22.4. The zero-order valence-electron chi connectivity index (χ0n) is 15.9. The van der Waals surface area contributed by atoms with Crippen molar-refractivity contribution < 1.29 is 23.1 Å². The summed E-state index contributed by atoms with van der Waals surface area (Å²) in [6.45, 7) is 8.50. The van der Waals surface area contributed by atoms with E-state index >= 15 is 0 Å². The second-order valence-corrected chi connectivity index (χ2v) is 8.26. The molecule has 0 fully saturated rings. The third kappa shape index (κ3) is 7.31. The molecule has 3 N–H and O–H groups in total. The summed E-state index contributed by atoms with van der Waals surface area (Å²) in [6.07, 6.45) is 2.46. The summed E-state index contributed by atoms with van der Waals surface area (Å²) in [5.74, 6) is -1.17. The van der Waals surface area contributed by atoms with Crippen molar-refractivity contribution in [2.24, 2.45) is 0 Å². The van der Waals surface area contributed by atoms with Crippen molar-refractivity contribution in [3.05, 3.63) is 23.8 Å².